The van der Waals surface area contributed by atoms with E-state index in [9.17, 15) is 0 Å². The second-order valence-electron chi connectivity index (χ2n) is 3.19. The fraction of sp³-hybridized carbons (Fsp3) is 1.00. The van der Waals surface area contributed by atoms with Crippen LogP contribution >= 0.6 is 0 Å². The van der Waals surface area contributed by atoms with Gasteiger partial charge in [-0.25, -0.2) is 0 Å². The number of rotatable bonds is 1. The highest BCUT2D eigenvalue weighted by Gasteiger charge is 2.41. The molecule has 2 heteroatoms. The molecule has 2 N–H and O–H groups in total. The SMILES string of the molecule is N[C@@H]1C[C@H]1C1CCOC1. The van der Waals surface area contributed by atoms with Crippen molar-refractivity contribution in [3.8, 4) is 0 Å². The fourth-order valence-electron chi connectivity index (χ4n) is 1.67. The maximum absolute atomic E-state index is 5.69. The Labute approximate surface area is 55.4 Å². The second kappa shape index (κ2) is 1.96. The van der Waals surface area contributed by atoms with Gasteiger partial charge in [-0.2, -0.15) is 0 Å². The number of nitrogens with two attached hydrogens (primary N) is 1. The quantitative estimate of drug-likeness (QED) is 0.552. The van der Waals surface area contributed by atoms with Gasteiger partial charge in [0.25, 0.3) is 0 Å². The van der Waals surface area contributed by atoms with Crippen LogP contribution in [0.5, 0.6) is 0 Å². The number of hydrogen-bond donors (Lipinski definition) is 1. The molecule has 1 aliphatic heterocycles. The third kappa shape index (κ3) is 0.970. The first-order valence-corrected chi connectivity index (χ1v) is 3.71. The largest absolute Gasteiger partial charge is 0.381 e. The number of hydrogen-bond acceptors (Lipinski definition) is 2. The van der Waals surface area contributed by atoms with Crippen molar-refractivity contribution in [2.75, 3.05) is 13.2 Å². The molecule has 0 bridgehead atoms. The van der Waals surface area contributed by atoms with Gasteiger partial charge < -0.3 is 10.5 Å². The first kappa shape index (κ1) is 5.69. The van der Waals surface area contributed by atoms with Crippen molar-refractivity contribution in [2.45, 2.75) is 18.9 Å². The topological polar surface area (TPSA) is 35.2 Å². The lowest BCUT2D eigenvalue weighted by Gasteiger charge is -2.02. The molecular weight excluding hydrogens is 114 g/mol. The Morgan fingerprint density at radius 3 is 2.67 bits per heavy atom. The summed E-state index contributed by atoms with van der Waals surface area (Å²) in [5, 5.41) is 0. The van der Waals surface area contributed by atoms with Crippen LogP contribution < -0.4 is 5.73 Å². The van der Waals surface area contributed by atoms with E-state index in [-0.39, 0.29) is 0 Å². The molecule has 3 atom stereocenters. The molecule has 9 heavy (non-hydrogen) atoms. The maximum atomic E-state index is 5.69. The van der Waals surface area contributed by atoms with Gasteiger partial charge in [-0.15, -0.1) is 0 Å². The van der Waals surface area contributed by atoms with Gasteiger partial charge in [-0.3, -0.25) is 0 Å². The summed E-state index contributed by atoms with van der Waals surface area (Å²) in [6, 6.07) is 0.511. The minimum Gasteiger partial charge on any atom is -0.381 e. The Balaban J connectivity index is 1.85. The molecule has 1 saturated carbocycles. The van der Waals surface area contributed by atoms with Gasteiger partial charge in [0.15, 0.2) is 0 Å². The normalized spacial score (nSPS) is 49.7. The molecule has 1 heterocycles. The average molecular weight is 127 g/mol. The van der Waals surface area contributed by atoms with Gasteiger partial charge in [-0.1, -0.05) is 0 Å². The van der Waals surface area contributed by atoms with Crippen molar-refractivity contribution in [1.29, 1.82) is 0 Å². The molecule has 2 fully saturated rings. The van der Waals surface area contributed by atoms with Crippen molar-refractivity contribution >= 4 is 0 Å². The first-order chi connectivity index (χ1) is 4.38. The van der Waals surface area contributed by atoms with Crippen LogP contribution in [-0.2, 0) is 4.74 Å². The molecule has 2 rings (SSSR count). The van der Waals surface area contributed by atoms with Crippen LogP contribution in [0.3, 0.4) is 0 Å². The molecule has 1 unspecified atom stereocenters. The van der Waals surface area contributed by atoms with Crippen molar-refractivity contribution in [2.24, 2.45) is 17.6 Å². The van der Waals surface area contributed by atoms with Crippen molar-refractivity contribution < 1.29 is 4.74 Å². The lowest BCUT2D eigenvalue weighted by atomic mass is 10.0. The van der Waals surface area contributed by atoms with Gasteiger partial charge in [0.05, 0.1) is 0 Å². The Kier molecular flexibility index (Phi) is 1.24. The van der Waals surface area contributed by atoms with Gasteiger partial charge in [0, 0.05) is 19.3 Å². The summed E-state index contributed by atoms with van der Waals surface area (Å²) in [5.41, 5.74) is 5.69. The van der Waals surface area contributed by atoms with E-state index in [1.807, 2.05) is 0 Å². The molecular formula is C7H13NO. The van der Waals surface area contributed by atoms with Crippen LogP contribution in [0.2, 0.25) is 0 Å². The molecule has 0 spiro atoms. The summed E-state index contributed by atoms with van der Waals surface area (Å²) in [7, 11) is 0. The van der Waals surface area contributed by atoms with Gasteiger partial charge in [0.2, 0.25) is 0 Å². The molecule has 0 aromatic carbocycles. The van der Waals surface area contributed by atoms with Crippen molar-refractivity contribution in [1.82, 2.24) is 0 Å². The van der Waals surface area contributed by atoms with E-state index in [0.29, 0.717) is 6.04 Å². The van der Waals surface area contributed by atoms with E-state index in [2.05, 4.69) is 0 Å². The second-order valence-corrected chi connectivity index (χ2v) is 3.19. The zero-order valence-corrected chi connectivity index (χ0v) is 5.55. The molecule has 0 radical (unpaired) electrons. The lowest BCUT2D eigenvalue weighted by molar-refractivity contribution is 0.181. The van der Waals surface area contributed by atoms with Crippen LogP contribution in [0.4, 0.5) is 0 Å². The predicted octanol–water partition coefficient (Wildman–Crippen LogP) is 0.370. The smallest absolute Gasteiger partial charge is 0.0498 e. The van der Waals surface area contributed by atoms with Crippen molar-refractivity contribution in [3.05, 3.63) is 0 Å². The van der Waals surface area contributed by atoms with Gasteiger partial charge in [-0.05, 0) is 24.7 Å². The molecule has 0 amide bonds. The summed E-state index contributed by atoms with van der Waals surface area (Å²) >= 11 is 0. The highest BCUT2D eigenvalue weighted by Crippen LogP contribution is 2.39. The Morgan fingerprint density at radius 2 is 2.22 bits per heavy atom. The Hall–Kier alpha value is -0.0800. The molecule has 0 aromatic rings. The standard InChI is InChI=1S/C7H13NO/c8-7-3-6(7)5-1-2-9-4-5/h5-7H,1-4,8H2/t5?,6-,7+/m0/s1. The van der Waals surface area contributed by atoms with Crippen LogP contribution in [0.25, 0.3) is 0 Å². The van der Waals surface area contributed by atoms with E-state index >= 15 is 0 Å². The van der Waals surface area contributed by atoms with E-state index in [0.717, 1.165) is 25.0 Å². The Morgan fingerprint density at radius 1 is 1.44 bits per heavy atom. The average Bonchev–Trinajstić information content (AvgIpc) is 2.44. The first-order valence-electron chi connectivity index (χ1n) is 3.71. The molecule has 1 aliphatic carbocycles. The van der Waals surface area contributed by atoms with Gasteiger partial charge in [0.1, 0.15) is 0 Å². The van der Waals surface area contributed by atoms with Gasteiger partial charge >= 0.3 is 0 Å². The minimum absolute atomic E-state index is 0.511. The zero-order valence-electron chi connectivity index (χ0n) is 5.55. The monoisotopic (exact) mass is 127 g/mol. The third-order valence-corrected chi connectivity index (χ3v) is 2.46. The van der Waals surface area contributed by atoms with E-state index in [4.69, 9.17) is 10.5 Å². The van der Waals surface area contributed by atoms with E-state index < -0.39 is 0 Å². The fourth-order valence-corrected chi connectivity index (χ4v) is 1.67. The van der Waals surface area contributed by atoms with Crippen molar-refractivity contribution in [3.63, 3.8) is 0 Å². The predicted molar refractivity (Wildman–Crippen MR) is 35.0 cm³/mol. The number of ether oxygens (including phenoxy) is 1. The molecule has 52 valence electrons. The summed E-state index contributed by atoms with van der Waals surface area (Å²) in [4.78, 5) is 0. The van der Waals surface area contributed by atoms with Crippen LogP contribution in [0.15, 0.2) is 0 Å². The molecule has 2 nitrogen and oxygen atoms in total. The summed E-state index contributed by atoms with van der Waals surface area (Å²) in [6.07, 6.45) is 2.49. The Bertz CT molecular complexity index is 109. The van der Waals surface area contributed by atoms with Crippen LogP contribution in [0, 0.1) is 11.8 Å². The minimum atomic E-state index is 0.511. The summed E-state index contributed by atoms with van der Waals surface area (Å²) < 4.78 is 5.25. The maximum Gasteiger partial charge on any atom is 0.0498 e. The third-order valence-electron chi connectivity index (χ3n) is 2.46. The van der Waals surface area contributed by atoms with Crippen LogP contribution in [-0.4, -0.2) is 19.3 Å². The lowest BCUT2D eigenvalue weighted by Crippen LogP contribution is -2.10. The molecule has 1 saturated heterocycles. The molecule has 2 aliphatic rings. The highest BCUT2D eigenvalue weighted by atomic mass is 16.5. The van der Waals surface area contributed by atoms with E-state index in [1.54, 1.807) is 0 Å². The van der Waals surface area contributed by atoms with Crippen LogP contribution in [0.1, 0.15) is 12.8 Å². The molecule has 0 aromatic heterocycles. The summed E-state index contributed by atoms with van der Waals surface area (Å²) in [5.74, 6) is 1.62. The van der Waals surface area contributed by atoms with E-state index in [1.165, 1.54) is 12.8 Å². The summed E-state index contributed by atoms with van der Waals surface area (Å²) in [6.45, 7) is 1.94. The zero-order chi connectivity index (χ0) is 6.27. The highest BCUT2D eigenvalue weighted by molar-refractivity contribution is 4.95.